The molecule has 0 aromatic rings. The predicted octanol–water partition coefficient (Wildman–Crippen LogP) is 0.707. The monoisotopic (exact) mass is 169 g/mol. The maximum atomic E-state index is 10.9. The minimum absolute atomic E-state index is 0.103. The molecule has 1 aliphatic heterocycles. The zero-order valence-corrected chi connectivity index (χ0v) is 7.34. The quantitative estimate of drug-likeness (QED) is 0.607. The van der Waals surface area contributed by atoms with Gasteiger partial charge >= 0.3 is 5.97 Å². The van der Waals surface area contributed by atoms with E-state index in [0.29, 0.717) is 12.5 Å². The average Bonchev–Trinajstić information content (AvgIpc) is 2.47. The predicted molar refractivity (Wildman–Crippen MR) is 44.8 cm³/mol. The van der Waals surface area contributed by atoms with E-state index in [9.17, 15) is 4.79 Å². The summed E-state index contributed by atoms with van der Waals surface area (Å²) in [6.07, 6.45) is 2.30. The number of hydrogen-bond donors (Lipinski definition) is 2. The van der Waals surface area contributed by atoms with E-state index in [1.165, 1.54) is 6.42 Å². The first kappa shape index (κ1) is 8.05. The Hall–Kier alpha value is -0.570. The Labute approximate surface area is 72.2 Å². The third-order valence-electron chi connectivity index (χ3n) is 3.82. The molecule has 12 heavy (non-hydrogen) atoms. The smallest absolute Gasteiger partial charge is 0.308 e. The second kappa shape index (κ2) is 2.46. The van der Waals surface area contributed by atoms with Crippen LogP contribution in [0.4, 0.5) is 0 Å². The van der Waals surface area contributed by atoms with Gasteiger partial charge in [0.25, 0.3) is 0 Å². The Morgan fingerprint density at radius 3 is 2.75 bits per heavy atom. The number of carboxylic acid groups (broad SMARTS) is 1. The van der Waals surface area contributed by atoms with Crippen LogP contribution >= 0.6 is 0 Å². The van der Waals surface area contributed by atoms with Crippen molar-refractivity contribution < 1.29 is 9.90 Å². The normalized spacial score (nSPS) is 46.1. The van der Waals surface area contributed by atoms with Crippen LogP contribution in [0.3, 0.4) is 0 Å². The molecule has 0 aromatic carbocycles. The van der Waals surface area contributed by atoms with Gasteiger partial charge in [0.05, 0.1) is 5.92 Å². The highest BCUT2D eigenvalue weighted by Gasteiger charge is 2.55. The van der Waals surface area contributed by atoms with Crippen molar-refractivity contribution in [2.45, 2.75) is 19.8 Å². The van der Waals surface area contributed by atoms with Crippen LogP contribution in [0.25, 0.3) is 0 Å². The molecule has 1 spiro atoms. The molecular weight excluding hydrogens is 154 g/mol. The van der Waals surface area contributed by atoms with E-state index in [0.717, 1.165) is 13.0 Å². The van der Waals surface area contributed by atoms with Crippen LogP contribution in [0.5, 0.6) is 0 Å². The Bertz CT molecular complexity index is 217. The van der Waals surface area contributed by atoms with Gasteiger partial charge in [0.1, 0.15) is 0 Å². The van der Waals surface area contributed by atoms with Crippen molar-refractivity contribution >= 4 is 5.97 Å². The van der Waals surface area contributed by atoms with Crippen molar-refractivity contribution in [2.24, 2.45) is 17.3 Å². The summed E-state index contributed by atoms with van der Waals surface area (Å²) in [7, 11) is 0. The second-order valence-corrected chi connectivity index (χ2v) is 4.19. The summed E-state index contributed by atoms with van der Waals surface area (Å²) in [5, 5.41) is 12.2. The largest absolute Gasteiger partial charge is 0.481 e. The number of carboxylic acids is 1. The van der Waals surface area contributed by atoms with Gasteiger partial charge in [0.2, 0.25) is 0 Å². The lowest BCUT2D eigenvalue weighted by molar-refractivity contribution is -0.149. The van der Waals surface area contributed by atoms with Crippen molar-refractivity contribution in [3.63, 3.8) is 0 Å². The second-order valence-electron chi connectivity index (χ2n) is 4.19. The van der Waals surface area contributed by atoms with Crippen LogP contribution in [0.1, 0.15) is 19.8 Å². The fraction of sp³-hybridized carbons (Fsp3) is 0.889. The van der Waals surface area contributed by atoms with Crippen LogP contribution in [0.2, 0.25) is 0 Å². The lowest BCUT2D eigenvalue weighted by Gasteiger charge is -2.47. The van der Waals surface area contributed by atoms with Crippen LogP contribution in [-0.4, -0.2) is 24.2 Å². The number of carbonyl (C=O) groups is 1. The Kier molecular flexibility index (Phi) is 1.65. The standard InChI is InChI=1S/C9H15NO2/c1-6-2-3-9(6)5-10-4-7(9)8(11)12/h6-7,10H,2-5H2,1H3,(H,11,12). The molecule has 1 heterocycles. The maximum Gasteiger partial charge on any atom is 0.308 e. The molecular formula is C9H15NO2. The van der Waals surface area contributed by atoms with Gasteiger partial charge in [-0.3, -0.25) is 4.79 Å². The maximum absolute atomic E-state index is 10.9. The summed E-state index contributed by atoms with van der Waals surface area (Å²) in [4.78, 5) is 10.9. The topological polar surface area (TPSA) is 49.3 Å². The molecule has 1 aliphatic carbocycles. The summed E-state index contributed by atoms with van der Waals surface area (Å²) >= 11 is 0. The highest BCUT2D eigenvalue weighted by atomic mass is 16.4. The zero-order valence-electron chi connectivity index (χ0n) is 7.34. The molecule has 2 rings (SSSR count). The van der Waals surface area contributed by atoms with Crippen molar-refractivity contribution in [2.75, 3.05) is 13.1 Å². The number of nitrogens with one attached hydrogen (secondary N) is 1. The average molecular weight is 169 g/mol. The van der Waals surface area contributed by atoms with E-state index < -0.39 is 5.97 Å². The van der Waals surface area contributed by atoms with Crippen molar-refractivity contribution in [1.82, 2.24) is 5.32 Å². The highest BCUT2D eigenvalue weighted by molar-refractivity contribution is 5.72. The number of hydrogen-bond acceptors (Lipinski definition) is 2. The summed E-state index contributed by atoms with van der Waals surface area (Å²) in [5.74, 6) is -0.165. The summed E-state index contributed by atoms with van der Waals surface area (Å²) in [6.45, 7) is 3.75. The van der Waals surface area contributed by atoms with Gasteiger partial charge in [-0.1, -0.05) is 6.92 Å². The molecule has 1 saturated heterocycles. The zero-order chi connectivity index (χ0) is 8.77. The molecule has 3 atom stereocenters. The van der Waals surface area contributed by atoms with Gasteiger partial charge in [0, 0.05) is 13.1 Å². The van der Waals surface area contributed by atoms with E-state index in [4.69, 9.17) is 5.11 Å². The van der Waals surface area contributed by atoms with Gasteiger partial charge < -0.3 is 10.4 Å². The molecule has 0 aromatic heterocycles. The molecule has 2 fully saturated rings. The Morgan fingerprint density at radius 1 is 1.67 bits per heavy atom. The van der Waals surface area contributed by atoms with E-state index >= 15 is 0 Å². The minimum Gasteiger partial charge on any atom is -0.481 e. The van der Waals surface area contributed by atoms with E-state index in [1.54, 1.807) is 0 Å². The van der Waals surface area contributed by atoms with Gasteiger partial charge in [-0.25, -0.2) is 0 Å². The molecule has 3 nitrogen and oxygen atoms in total. The first-order valence-corrected chi connectivity index (χ1v) is 4.60. The molecule has 0 amide bonds. The summed E-state index contributed by atoms with van der Waals surface area (Å²) in [5.41, 5.74) is 0.103. The van der Waals surface area contributed by atoms with Crippen LogP contribution in [0.15, 0.2) is 0 Å². The Morgan fingerprint density at radius 2 is 2.42 bits per heavy atom. The van der Waals surface area contributed by atoms with Crippen LogP contribution in [-0.2, 0) is 4.79 Å². The molecule has 1 saturated carbocycles. The molecule has 2 N–H and O–H groups in total. The first-order chi connectivity index (χ1) is 5.67. The van der Waals surface area contributed by atoms with E-state index in [-0.39, 0.29) is 11.3 Å². The lowest BCUT2D eigenvalue weighted by Crippen LogP contribution is -2.47. The van der Waals surface area contributed by atoms with E-state index in [2.05, 4.69) is 12.2 Å². The molecule has 2 aliphatic rings. The third kappa shape index (κ3) is 0.829. The van der Waals surface area contributed by atoms with E-state index in [1.807, 2.05) is 0 Å². The summed E-state index contributed by atoms with van der Waals surface area (Å²) < 4.78 is 0. The fourth-order valence-corrected chi connectivity index (χ4v) is 2.69. The fourth-order valence-electron chi connectivity index (χ4n) is 2.69. The molecule has 0 radical (unpaired) electrons. The van der Waals surface area contributed by atoms with Gasteiger partial charge in [-0.15, -0.1) is 0 Å². The first-order valence-electron chi connectivity index (χ1n) is 4.60. The van der Waals surface area contributed by atoms with Crippen molar-refractivity contribution in [3.05, 3.63) is 0 Å². The van der Waals surface area contributed by atoms with Gasteiger partial charge in [-0.2, -0.15) is 0 Å². The van der Waals surface area contributed by atoms with Crippen LogP contribution < -0.4 is 5.32 Å². The minimum atomic E-state index is -0.619. The van der Waals surface area contributed by atoms with Gasteiger partial charge in [0.15, 0.2) is 0 Å². The molecule has 0 bridgehead atoms. The van der Waals surface area contributed by atoms with Crippen molar-refractivity contribution in [3.8, 4) is 0 Å². The number of aliphatic carboxylic acids is 1. The van der Waals surface area contributed by atoms with Gasteiger partial charge in [-0.05, 0) is 24.2 Å². The lowest BCUT2D eigenvalue weighted by atomic mass is 9.56. The molecule has 3 heteroatoms. The highest BCUT2D eigenvalue weighted by Crippen LogP contribution is 2.53. The van der Waals surface area contributed by atoms with Crippen molar-refractivity contribution in [1.29, 1.82) is 0 Å². The molecule has 68 valence electrons. The third-order valence-corrected chi connectivity index (χ3v) is 3.82. The Balaban J connectivity index is 2.18. The van der Waals surface area contributed by atoms with Crippen LogP contribution in [0, 0.1) is 17.3 Å². The number of rotatable bonds is 1. The summed E-state index contributed by atoms with van der Waals surface area (Å²) in [6, 6.07) is 0. The molecule has 3 unspecified atom stereocenters. The SMILES string of the molecule is CC1CCC12CNCC2C(=O)O.